The molecule has 0 aliphatic rings. The molecule has 1 rings (SSSR count). The number of unbranched alkanes of at least 4 members (excludes halogenated alkanes) is 1. The molecule has 1 aromatic rings. The molecule has 142 valence electrons. The molecule has 0 aliphatic carbocycles. The van der Waals surface area contributed by atoms with Crippen LogP contribution in [0.4, 0.5) is 0 Å². The van der Waals surface area contributed by atoms with Crippen LogP contribution in [0, 0.1) is 6.92 Å². The fourth-order valence-corrected chi connectivity index (χ4v) is 2.77. The molecule has 0 saturated carbocycles. The lowest BCUT2D eigenvalue weighted by Gasteiger charge is -2.07. The molecular formula is C17H26O7S. The van der Waals surface area contributed by atoms with E-state index in [0.717, 1.165) is 5.56 Å². The number of carbonyl (C=O) groups is 1. The first-order chi connectivity index (χ1) is 12.0. The van der Waals surface area contributed by atoms with Crippen molar-refractivity contribution in [2.24, 2.45) is 0 Å². The Morgan fingerprint density at radius 1 is 0.960 bits per heavy atom. The lowest BCUT2D eigenvalue weighted by atomic mass is 10.2. The Morgan fingerprint density at radius 3 is 2.28 bits per heavy atom. The smallest absolute Gasteiger partial charge is 0.332 e. The molecule has 1 aromatic carbocycles. The van der Waals surface area contributed by atoms with Gasteiger partial charge in [0.1, 0.15) is 6.61 Å². The van der Waals surface area contributed by atoms with E-state index in [4.69, 9.17) is 18.4 Å². The van der Waals surface area contributed by atoms with Crippen LogP contribution in [-0.4, -0.2) is 54.0 Å². The van der Waals surface area contributed by atoms with Gasteiger partial charge >= 0.3 is 5.97 Å². The monoisotopic (exact) mass is 374 g/mol. The number of esters is 1. The van der Waals surface area contributed by atoms with E-state index in [1.165, 1.54) is 12.1 Å². The average molecular weight is 374 g/mol. The van der Waals surface area contributed by atoms with Crippen molar-refractivity contribution in [1.82, 2.24) is 0 Å². The minimum absolute atomic E-state index is 0.0814. The van der Waals surface area contributed by atoms with E-state index in [2.05, 4.69) is 0 Å². The van der Waals surface area contributed by atoms with Crippen LogP contribution >= 0.6 is 0 Å². The predicted molar refractivity (Wildman–Crippen MR) is 91.8 cm³/mol. The van der Waals surface area contributed by atoms with Gasteiger partial charge in [-0.05, 0) is 38.8 Å². The minimum atomic E-state index is -3.70. The van der Waals surface area contributed by atoms with Gasteiger partial charge in [0, 0.05) is 6.61 Å². The third-order valence-corrected chi connectivity index (χ3v) is 4.45. The Bertz CT molecular complexity index is 596. The maximum Gasteiger partial charge on any atom is 0.332 e. The number of carbonyl (C=O) groups excluding carboxylic acids is 1. The lowest BCUT2D eigenvalue weighted by Crippen LogP contribution is -2.15. The molecule has 0 aliphatic heterocycles. The lowest BCUT2D eigenvalue weighted by molar-refractivity contribution is -0.148. The van der Waals surface area contributed by atoms with Crippen molar-refractivity contribution in [3.8, 4) is 0 Å². The maximum atomic E-state index is 11.9. The second kappa shape index (κ2) is 12.0. The number of aryl methyl sites for hydroxylation is 1. The first-order valence-corrected chi connectivity index (χ1v) is 9.63. The topological polar surface area (TPSA) is 88.1 Å². The molecule has 0 radical (unpaired) electrons. The van der Waals surface area contributed by atoms with Crippen LogP contribution in [0.5, 0.6) is 0 Å². The summed E-state index contributed by atoms with van der Waals surface area (Å²) in [5.41, 5.74) is 0.988. The van der Waals surface area contributed by atoms with Gasteiger partial charge in [0.25, 0.3) is 10.1 Å². The van der Waals surface area contributed by atoms with Crippen LogP contribution in [-0.2, 0) is 33.3 Å². The molecule has 0 atom stereocenters. The van der Waals surface area contributed by atoms with E-state index in [1.807, 2.05) is 6.92 Å². The fourth-order valence-electron chi connectivity index (χ4n) is 1.83. The van der Waals surface area contributed by atoms with Crippen molar-refractivity contribution in [3.63, 3.8) is 0 Å². The van der Waals surface area contributed by atoms with E-state index in [1.54, 1.807) is 19.1 Å². The first kappa shape index (κ1) is 21.6. The number of benzene rings is 1. The van der Waals surface area contributed by atoms with E-state index < -0.39 is 16.1 Å². The molecule has 0 aromatic heterocycles. The molecule has 0 bridgehead atoms. The summed E-state index contributed by atoms with van der Waals surface area (Å²) in [5, 5.41) is 0. The highest BCUT2D eigenvalue weighted by atomic mass is 32.2. The summed E-state index contributed by atoms with van der Waals surface area (Å²) in [7, 11) is -3.70. The molecule has 0 spiro atoms. The van der Waals surface area contributed by atoms with E-state index in [0.29, 0.717) is 39.3 Å². The Kier molecular flexibility index (Phi) is 10.3. The van der Waals surface area contributed by atoms with Gasteiger partial charge in [-0.25, -0.2) is 4.79 Å². The van der Waals surface area contributed by atoms with E-state index in [-0.39, 0.29) is 18.1 Å². The Hall–Kier alpha value is -1.48. The van der Waals surface area contributed by atoms with Gasteiger partial charge < -0.3 is 14.2 Å². The Morgan fingerprint density at radius 2 is 1.60 bits per heavy atom. The Labute approximate surface area is 149 Å². The molecular weight excluding hydrogens is 348 g/mol. The summed E-state index contributed by atoms with van der Waals surface area (Å²) in [6.07, 6.45) is 1.23. The van der Waals surface area contributed by atoms with Gasteiger partial charge in [-0.2, -0.15) is 8.42 Å². The third-order valence-electron chi connectivity index (χ3n) is 3.13. The maximum absolute atomic E-state index is 11.9. The molecule has 0 fully saturated rings. The highest BCUT2D eigenvalue weighted by Gasteiger charge is 2.14. The SMILES string of the molecule is CCOC(=O)COCCOCCCCOS(=O)(=O)c1ccc(C)cc1. The number of rotatable bonds is 13. The first-order valence-electron chi connectivity index (χ1n) is 8.23. The van der Waals surface area contributed by atoms with Gasteiger partial charge in [-0.3, -0.25) is 4.18 Å². The highest BCUT2D eigenvalue weighted by Crippen LogP contribution is 2.13. The van der Waals surface area contributed by atoms with Crippen molar-refractivity contribution >= 4 is 16.1 Å². The van der Waals surface area contributed by atoms with Crippen molar-refractivity contribution in [2.75, 3.05) is 39.6 Å². The van der Waals surface area contributed by atoms with E-state index >= 15 is 0 Å². The largest absolute Gasteiger partial charge is 0.464 e. The van der Waals surface area contributed by atoms with Crippen LogP contribution in [0.1, 0.15) is 25.3 Å². The van der Waals surface area contributed by atoms with Gasteiger partial charge in [-0.1, -0.05) is 17.7 Å². The molecule has 0 unspecified atom stereocenters. The minimum Gasteiger partial charge on any atom is -0.464 e. The fraction of sp³-hybridized carbons (Fsp3) is 0.588. The summed E-state index contributed by atoms with van der Waals surface area (Å²) in [6.45, 7) is 5.12. The zero-order valence-corrected chi connectivity index (χ0v) is 15.5. The average Bonchev–Trinajstić information content (AvgIpc) is 2.57. The van der Waals surface area contributed by atoms with Gasteiger partial charge in [0.2, 0.25) is 0 Å². The second-order valence-electron chi connectivity index (χ2n) is 5.27. The number of hydrogen-bond donors (Lipinski definition) is 0. The number of ether oxygens (including phenoxy) is 3. The van der Waals surface area contributed by atoms with Crippen molar-refractivity contribution in [2.45, 2.75) is 31.6 Å². The standard InChI is InChI=1S/C17H26O7S/c1-3-23-17(18)14-22-13-12-21-10-4-5-11-24-25(19,20)16-8-6-15(2)7-9-16/h6-9H,3-5,10-14H2,1-2H3. The van der Waals surface area contributed by atoms with Crippen LogP contribution in [0.2, 0.25) is 0 Å². The second-order valence-corrected chi connectivity index (χ2v) is 6.88. The summed E-state index contributed by atoms with van der Waals surface area (Å²) in [5.74, 6) is -0.394. The zero-order chi connectivity index (χ0) is 18.5. The van der Waals surface area contributed by atoms with Crippen LogP contribution < -0.4 is 0 Å². The van der Waals surface area contributed by atoms with Gasteiger partial charge in [-0.15, -0.1) is 0 Å². The third kappa shape index (κ3) is 9.54. The summed E-state index contributed by atoms with van der Waals surface area (Å²) >= 11 is 0. The molecule has 0 saturated heterocycles. The quantitative estimate of drug-likeness (QED) is 0.297. The molecule has 0 heterocycles. The summed E-state index contributed by atoms with van der Waals surface area (Å²) < 4.78 is 44.0. The molecule has 7 nitrogen and oxygen atoms in total. The van der Waals surface area contributed by atoms with Crippen molar-refractivity contribution in [3.05, 3.63) is 29.8 Å². The zero-order valence-electron chi connectivity index (χ0n) is 14.7. The van der Waals surface area contributed by atoms with Crippen LogP contribution in [0.3, 0.4) is 0 Å². The Balaban J connectivity index is 2.03. The van der Waals surface area contributed by atoms with Crippen LogP contribution in [0.25, 0.3) is 0 Å². The predicted octanol–water partition coefficient (Wildman–Crippen LogP) is 2.08. The summed E-state index contributed by atoms with van der Waals surface area (Å²) in [4.78, 5) is 11.2. The van der Waals surface area contributed by atoms with Crippen molar-refractivity contribution in [1.29, 1.82) is 0 Å². The molecule has 25 heavy (non-hydrogen) atoms. The van der Waals surface area contributed by atoms with Crippen LogP contribution in [0.15, 0.2) is 29.2 Å². The normalized spacial score (nSPS) is 11.4. The van der Waals surface area contributed by atoms with Gasteiger partial charge in [0.15, 0.2) is 0 Å². The molecule has 8 heteroatoms. The van der Waals surface area contributed by atoms with Gasteiger partial charge in [0.05, 0.1) is 31.3 Å². The van der Waals surface area contributed by atoms with E-state index in [9.17, 15) is 13.2 Å². The van der Waals surface area contributed by atoms with Crippen molar-refractivity contribution < 1.29 is 31.6 Å². The molecule has 0 N–H and O–H groups in total. The highest BCUT2D eigenvalue weighted by molar-refractivity contribution is 7.86. The number of hydrogen-bond acceptors (Lipinski definition) is 7. The summed E-state index contributed by atoms with van der Waals surface area (Å²) in [6, 6.07) is 6.52. The molecule has 0 amide bonds.